The molecule has 2 amide bonds. The maximum absolute atomic E-state index is 15.0. The third kappa shape index (κ3) is 7.67. The highest BCUT2D eigenvalue weighted by Crippen LogP contribution is 2.27. The van der Waals surface area contributed by atoms with E-state index in [0.29, 0.717) is 6.42 Å². The van der Waals surface area contributed by atoms with Crippen LogP contribution in [0.3, 0.4) is 0 Å². The third-order valence-corrected chi connectivity index (χ3v) is 8.69. The highest BCUT2D eigenvalue weighted by molar-refractivity contribution is 9.10. The summed E-state index contributed by atoms with van der Waals surface area (Å²) in [5, 5.41) is 2.88. The largest absolute Gasteiger partial charge is 0.352 e. The normalized spacial score (nSPS) is 12.9. The molecule has 208 valence electrons. The van der Waals surface area contributed by atoms with Crippen molar-refractivity contribution >= 4 is 43.5 Å². The first-order valence-corrected chi connectivity index (χ1v) is 14.9. The Labute approximate surface area is 238 Å². The molecule has 0 saturated carbocycles. The van der Waals surface area contributed by atoms with E-state index in [-0.39, 0.29) is 29.1 Å². The number of anilines is 1. The number of carbonyl (C=O) groups is 2. The van der Waals surface area contributed by atoms with E-state index in [1.807, 2.05) is 39.0 Å². The fraction of sp³-hybridized carbons (Fsp3) is 0.310. The van der Waals surface area contributed by atoms with Gasteiger partial charge in [-0.15, -0.1) is 0 Å². The predicted molar refractivity (Wildman–Crippen MR) is 154 cm³/mol. The van der Waals surface area contributed by atoms with Crippen molar-refractivity contribution < 1.29 is 22.4 Å². The quantitative estimate of drug-likeness (QED) is 0.311. The van der Waals surface area contributed by atoms with Crippen LogP contribution in [-0.2, 0) is 26.2 Å². The minimum absolute atomic E-state index is 0.0447. The average Bonchev–Trinajstić information content (AvgIpc) is 2.90. The zero-order valence-corrected chi connectivity index (χ0v) is 24.8. The molecule has 3 aromatic carbocycles. The van der Waals surface area contributed by atoms with Crippen LogP contribution in [0.1, 0.15) is 38.3 Å². The third-order valence-electron chi connectivity index (χ3n) is 6.42. The Balaban J connectivity index is 2.04. The molecule has 0 unspecified atom stereocenters. The van der Waals surface area contributed by atoms with Crippen LogP contribution in [-0.4, -0.2) is 43.8 Å². The fourth-order valence-corrected chi connectivity index (χ4v) is 5.75. The van der Waals surface area contributed by atoms with E-state index in [4.69, 9.17) is 0 Å². The maximum Gasteiger partial charge on any atom is 0.264 e. The molecule has 39 heavy (non-hydrogen) atoms. The van der Waals surface area contributed by atoms with Gasteiger partial charge in [0.1, 0.15) is 18.4 Å². The van der Waals surface area contributed by atoms with E-state index >= 15 is 0 Å². The summed E-state index contributed by atoms with van der Waals surface area (Å²) in [6, 6.07) is 17.7. The van der Waals surface area contributed by atoms with Crippen LogP contribution in [0.4, 0.5) is 10.1 Å². The van der Waals surface area contributed by atoms with Crippen LogP contribution < -0.4 is 9.62 Å². The molecule has 0 spiro atoms. The summed E-state index contributed by atoms with van der Waals surface area (Å²) in [6.07, 6.45) is 0.702. The first kappa shape index (κ1) is 30.3. The van der Waals surface area contributed by atoms with Crippen molar-refractivity contribution in [2.45, 2.75) is 57.6 Å². The van der Waals surface area contributed by atoms with Crippen molar-refractivity contribution in [3.8, 4) is 0 Å². The number of para-hydroxylation sites is 1. The fourth-order valence-electron chi connectivity index (χ4n) is 3.88. The molecule has 0 saturated heterocycles. The van der Waals surface area contributed by atoms with Gasteiger partial charge >= 0.3 is 0 Å². The second-order valence-corrected chi connectivity index (χ2v) is 12.2. The number of carbonyl (C=O) groups excluding carboxylic acids is 2. The number of halogens is 2. The molecular weight excluding hydrogens is 585 g/mol. The molecule has 0 aliphatic heterocycles. The number of hydrogen-bond donors (Lipinski definition) is 1. The number of hydrogen-bond acceptors (Lipinski definition) is 4. The predicted octanol–water partition coefficient (Wildman–Crippen LogP) is 5.42. The van der Waals surface area contributed by atoms with E-state index in [0.717, 1.165) is 26.0 Å². The molecular formula is C29H33BrFN3O4S. The van der Waals surface area contributed by atoms with Gasteiger partial charge in [-0.2, -0.15) is 0 Å². The average molecular weight is 619 g/mol. The van der Waals surface area contributed by atoms with Crippen molar-refractivity contribution in [1.29, 1.82) is 0 Å². The Morgan fingerprint density at radius 2 is 1.67 bits per heavy atom. The molecule has 3 rings (SSSR count). The second-order valence-electron chi connectivity index (χ2n) is 9.42. The van der Waals surface area contributed by atoms with Crippen molar-refractivity contribution in [1.82, 2.24) is 10.2 Å². The summed E-state index contributed by atoms with van der Waals surface area (Å²) in [7, 11) is -4.33. The van der Waals surface area contributed by atoms with Gasteiger partial charge in [-0.3, -0.25) is 13.9 Å². The topological polar surface area (TPSA) is 86.8 Å². The molecule has 0 fully saturated rings. The summed E-state index contributed by atoms with van der Waals surface area (Å²) >= 11 is 3.42. The molecule has 0 aliphatic carbocycles. The van der Waals surface area contributed by atoms with Crippen molar-refractivity contribution in [3.63, 3.8) is 0 Å². The monoisotopic (exact) mass is 617 g/mol. The lowest BCUT2D eigenvalue weighted by atomic mass is 10.1. The number of amides is 2. The highest BCUT2D eigenvalue weighted by atomic mass is 79.9. The van der Waals surface area contributed by atoms with Crippen molar-refractivity contribution in [3.05, 3.63) is 94.2 Å². The Kier molecular flexibility index (Phi) is 10.3. The van der Waals surface area contributed by atoms with E-state index in [2.05, 4.69) is 21.2 Å². The number of aryl methyl sites for hydroxylation is 1. The second kappa shape index (κ2) is 13.2. The molecule has 10 heteroatoms. The van der Waals surface area contributed by atoms with Gasteiger partial charge in [0.05, 0.1) is 10.6 Å². The van der Waals surface area contributed by atoms with Crippen molar-refractivity contribution in [2.24, 2.45) is 0 Å². The summed E-state index contributed by atoms with van der Waals surface area (Å²) in [6.45, 7) is 6.55. The van der Waals surface area contributed by atoms with Crippen molar-refractivity contribution in [2.75, 3.05) is 10.8 Å². The number of benzene rings is 3. The highest BCUT2D eigenvalue weighted by Gasteiger charge is 2.33. The Morgan fingerprint density at radius 1 is 1.00 bits per heavy atom. The molecule has 2 atom stereocenters. The molecule has 0 aliphatic rings. The van der Waals surface area contributed by atoms with Gasteiger partial charge in [0.25, 0.3) is 10.0 Å². The van der Waals surface area contributed by atoms with Gasteiger partial charge in [-0.05, 0) is 69.2 Å². The number of nitrogens with one attached hydrogen (secondary N) is 1. The van der Waals surface area contributed by atoms with Gasteiger partial charge in [0.2, 0.25) is 11.8 Å². The number of sulfonamides is 1. The Hall–Kier alpha value is -3.24. The summed E-state index contributed by atoms with van der Waals surface area (Å²) in [4.78, 5) is 28.2. The molecule has 0 aromatic heterocycles. The maximum atomic E-state index is 15.0. The first-order valence-electron chi connectivity index (χ1n) is 12.6. The summed E-state index contributed by atoms with van der Waals surface area (Å²) < 4.78 is 44.0. The SMILES string of the molecule is CC[C@@H](C)NC(=O)[C@@H](C)N(Cc1cccc(Br)c1)C(=O)CN(c1ccccc1F)S(=O)(=O)c1ccc(C)cc1. The van der Waals surface area contributed by atoms with Gasteiger partial charge < -0.3 is 10.2 Å². The number of rotatable bonds is 11. The van der Waals surface area contributed by atoms with Crippen LogP contribution in [0.2, 0.25) is 0 Å². The van der Waals surface area contributed by atoms with Gasteiger partial charge in [-0.1, -0.05) is 64.8 Å². The molecule has 1 N–H and O–H groups in total. The molecule has 3 aromatic rings. The summed E-state index contributed by atoms with van der Waals surface area (Å²) in [5.74, 6) is -1.81. The first-order chi connectivity index (χ1) is 18.4. The zero-order valence-electron chi connectivity index (χ0n) is 22.4. The summed E-state index contributed by atoms with van der Waals surface area (Å²) in [5.41, 5.74) is 1.33. The lowest BCUT2D eigenvalue weighted by Gasteiger charge is -2.32. The van der Waals surface area contributed by atoms with E-state index in [1.165, 1.54) is 35.2 Å². The number of nitrogens with zero attached hydrogens (tertiary/aromatic N) is 2. The van der Waals surface area contributed by atoms with Crippen LogP contribution in [0.5, 0.6) is 0 Å². The minimum atomic E-state index is -4.33. The van der Waals surface area contributed by atoms with E-state index in [1.54, 1.807) is 25.1 Å². The lowest BCUT2D eigenvalue weighted by Crippen LogP contribution is -2.52. The molecule has 0 radical (unpaired) electrons. The van der Waals surface area contributed by atoms with Crippen LogP contribution in [0.25, 0.3) is 0 Å². The van der Waals surface area contributed by atoms with Gasteiger partial charge in [0, 0.05) is 17.1 Å². The molecule has 7 nitrogen and oxygen atoms in total. The van der Waals surface area contributed by atoms with Gasteiger partial charge in [0.15, 0.2) is 0 Å². The lowest BCUT2D eigenvalue weighted by molar-refractivity contribution is -0.139. The van der Waals surface area contributed by atoms with E-state index < -0.39 is 34.3 Å². The smallest absolute Gasteiger partial charge is 0.264 e. The molecule has 0 heterocycles. The van der Waals surface area contributed by atoms with Crippen LogP contribution >= 0.6 is 15.9 Å². The van der Waals surface area contributed by atoms with E-state index in [9.17, 15) is 22.4 Å². The standard InChI is InChI=1S/C29H33BrFN3O4S/c1-5-21(3)32-29(36)22(4)33(18-23-9-8-10-24(30)17-23)28(35)19-34(27-12-7-6-11-26(27)31)39(37,38)25-15-13-20(2)14-16-25/h6-17,21-22H,5,18-19H2,1-4H3,(H,32,36)/t21-,22-/m1/s1. The Morgan fingerprint density at radius 3 is 2.28 bits per heavy atom. The Bertz CT molecular complexity index is 1420. The van der Waals surface area contributed by atoms with Crippen LogP contribution in [0.15, 0.2) is 82.2 Å². The van der Waals surface area contributed by atoms with Gasteiger partial charge in [-0.25, -0.2) is 12.8 Å². The minimum Gasteiger partial charge on any atom is -0.352 e. The molecule has 0 bridgehead atoms. The zero-order chi connectivity index (χ0) is 28.7. The van der Waals surface area contributed by atoms with Crippen LogP contribution in [0, 0.1) is 12.7 Å².